The zero-order valence-corrected chi connectivity index (χ0v) is 10.4. The van der Waals surface area contributed by atoms with Crippen molar-refractivity contribution in [2.24, 2.45) is 0 Å². The van der Waals surface area contributed by atoms with Crippen LogP contribution in [0.2, 0.25) is 0 Å². The van der Waals surface area contributed by atoms with Gasteiger partial charge < -0.3 is 15.0 Å². The van der Waals surface area contributed by atoms with Gasteiger partial charge in [0.05, 0.1) is 18.9 Å². The van der Waals surface area contributed by atoms with Crippen LogP contribution in [-0.4, -0.2) is 55.5 Å². The van der Waals surface area contributed by atoms with Gasteiger partial charge in [0, 0.05) is 25.3 Å². The molecule has 0 spiro atoms. The number of likely N-dealkylation sites (N-methyl/N-ethyl adjacent to an activating group) is 1. The molecule has 0 aliphatic carbocycles. The van der Waals surface area contributed by atoms with Crippen LogP contribution in [0.5, 0.6) is 0 Å². The van der Waals surface area contributed by atoms with Gasteiger partial charge in [-0.3, -0.25) is 5.10 Å². The van der Waals surface area contributed by atoms with Crippen molar-refractivity contribution in [3.05, 3.63) is 18.0 Å². The Balaban J connectivity index is 1.99. The summed E-state index contributed by atoms with van der Waals surface area (Å²) in [6.07, 6.45) is 1.76. The Bertz CT molecular complexity index is 261. The largest absolute Gasteiger partial charge is 0.379 e. The van der Waals surface area contributed by atoms with Crippen molar-refractivity contribution in [1.29, 1.82) is 0 Å². The fourth-order valence-corrected chi connectivity index (χ4v) is 1.31. The third-order valence-corrected chi connectivity index (χ3v) is 2.37. The average Bonchev–Trinajstić information content (AvgIpc) is 2.75. The normalized spacial score (nSPS) is 13.2. The highest BCUT2D eigenvalue weighted by atomic mass is 16.5. The topological polar surface area (TPSA) is 53.2 Å². The number of H-pyrrole nitrogens is 1. The first kappa shape index (κ1) is 13.2. The lowest BCUT2D eigenvalue weighted by molar-refractivity contribution is 0.118. The molecule has 0 aliphatic rings. The Kier molecular flexibility index (Phi) is 6.07. The minimum absolute atomic E-state index is 0.292. The fraction of sp³-hybridized carbons (Fsp3) is 0.727. The van der Waals surface area contributed by atoms with E-state index in [2.05, 4.69) is 27.3 Å². The van der Waals surface area contributed by atoms with Crippen molar-refractivity contribution < 1.29 is 4.74 Å². The summed E-state index contributed by atoms with van der Waals surface area (Å²) < 4.78 is 5.48. The van der Waals surface area contributed by atoms with E-state index in [-0.39, 0.29) is 0 Å². The molecule has 1 rings (SSSR count). The number of aromatic amines is 1. The lowest BCUT2D eigenvalue weighted by atomic mass is 10.2. The number of rotatable bonds is 8. The van der Waals surface area contributed by atoms with E-state index in [9.17, 15) is 0 Å². The Morgan fingerprint density at radius 2 is 2.31 bits per heavy atom. The molecular formula is C11H22N4O. The van der Waals surface area contributed by atoms with Crippen LogP contribution in [-0.2, 0) is 4.74 Å². The van der Waals surface area contributed by atoms with Gasteiger partial charge in [-0.15, -0.1) is 0 Å². The van der Waals surface area contributed by atoms with Gasteiger partial charge in [-0.25, -0.2) is 0 Å². The van der Waals surface area contributed by atoms with Crippen molar-refractivity contribution in [2.75, 3.05) is 40.4 Å². The van der Waals surface area contributed by atoms with Gasteiger partial charge in [0.2, 0.25) is 0 Å². The van der Waals surface area contributed by atoms with Crippen LogP contribution in [0.25, 0.3) is 0 Å². The number of hydrogen-bond donors (Lipinski definition) is 2. The first-order valence-electron chi connectivity index (χ1n) is 5.65. The van der Waals surface area contributed by atoms with E-state index in [1.165, 1.54) is 0 Å². The molecule has 0 aliphatic heterocycles. The van der Waals surface area contributed by atoms with E-state index >= 15 is 0 Å². The van der Waals surface area contributed by atoms with E-state index in [1.54, 1.807) is 6.20 Å². The standard InChI is InChI=1S/C11H22N4O/c1-10(11-4-5-13-14-11)12-6-8-16-9-7-15(2)3/h4-5,10,12H,6-9H2,1-3H3,(H,13,14). The Morgan fingerprint density at radius 3 is 2.94 bits per heavy atom. The first-order chi connectivity index (χ1) is 7.70. The second-order valence-corrected chi connectivity index (χ2v) is 4.10. The van der Waals surface area contributed by atoms with Crippen molar-refractivity contribution in [2.45, 2.75) is 13.0 Å². The van der Waals surface area contributed by atoms with Crippen molar-refractivity contribution in [1.82, 2.24) is 20.4 Å². The molecule has 1 atom stereocenters. The molecule has 1 aromatic rings. The Hall–Kier alpha value is -0.910. The van der Waals surface area contributed by atoms with E-state index < -0.39 is 0 Å². The van der Waals surface area contributed by atoms with Crippen molar-refractivity contribution >= 4 is 0 Å². The van der Waals surface area contributed by atoms with Crippen LogP contribution < -0.4 is 5.32 Å². The minimum Gasteiger partial charge on any atom is -0.379 e. The highest BCUT2D eigenvalue weighted by Gasteiger charge is 2.04. The van der Waals surface area contributed by atoms with Gasteiger partial charge in [0.15, 0.2) is 0 Å². The molecule has 0 saturated carbocycles. The fourth-order valence-electron chi connectivity index (χ4n) is 1.31. The quantitative estimate of drug-likeness (QED) is 0.639. The lowest BCUT2D eigenvalue weighted by Crippen LogP contribution is -2.25. The Morgan fingerprint density at radius 1 is 1.50 bits per heavy atom. The van der Waals surface area contributed by atoms with Crippen molar-refractivity contribution in [3.8, 4) is 0 Å². The smallest absolute Gasteiger partial charge is 0.0593 e. The molecule has 0 fully saturated rings. The Labute approximate surface area is 97.2 Å². The lowest BCUT2D eigenvalue weighted by Gasteiger charge is -2.13. The summed E-state index contributed by atoms with van der Waals surface area (Å²) in [5.41, 5.74) is 1.10. The van der Waals surface area contributed by atoms with Gasteiger partial charge in [-0.1, -0.05) is 0 Å². The first-order valence-corrected chi connectivity index (χ1v) is 5.65. The highest BCUT2D eigenvalue weighted by Crippen LogP contribution is 2.05. The molecule has 0 saturated heterocycles. The monoisotopic (exact) mass is 226 g/mol. The van der Waals surface area contributed by atoms with Crippen molar-refractivity contribution in [3.63, 3.8) is 0 Å². The predicted molar refractivity (Wildman–Crippen MR) is 64.4 cm³/mol. The molecule has 5 heteroatoms. The molecule has 92 valence electrons. The van der Waals surface area contributed by atoms with Crippen LogP contribution in [0.4, 0.5) is 0 Å². The zero-order chi connectivity index (χ0) is 11.8. The third-order valence-electron chi connectivity index (χ3n) is 2.37. The van der Waals surface area contributed by atoms with Gasteiger partial charge in [-0.05, 0) is 27.1 Å². The molecule has 5 nitrogen and oxygen atoms in total. The molecule has 16 heavy (non-hydrogen) atoms. The van der Waals surface area contributed by atoms with Crippen LogP contribution in [0.1, 0.15) is 18.7 Å². The molecule has 1 aromatic heterocycles. The number of hydrogen-bond acceptors (Lipinski definition) is 4. The maximum atomic E-state index is 5.48. The maximum absolute atomic E-state index is 5.48. The molecule has 0 aromatic carbocycles. The number of aromatic nitrogens is 2. The summed E-state index contributed by atoms with van der Waals surface area (Å²) in [6, 6.07) is 2.27. The van der Waals surface area contributed by atoms with Crippen LogP contribution in [0.3, 0.4) is 0 Å². The summed E-state index contributed by atoms with van der Waals surface area (Å²) in [7, 11) is 4.09. The van der Waals surface area contributed by atoms with E-state index in [1.807, 2.05) is 20.2 Å². The summed E-state index contributed by atoms with van der Waals surface area (Å²) in [5.74, 6) is 0. The zero-order valence-electron chi connectivity index (χ0n) is 10.4. The number of nitrogens with one attached hydrogen (secondary N) is 2. The molecule has 1 heterocycles. The SMILES string of the molecule is CC(NCCOCCN(C)C)c1ccn[nH]1. The van der Waals surface area contributed by atoms with E-state index in [0.29, 0.717) is 6.04 Å². The summed E-state index contributed by atoms with van der Waals surface area (Å²) in [5, 5.41) is 10.2. The minimum atomic E-state index is 0.292. The van der Waals surface area contributed by atoms with Crippen LogP contribution in [0.15, 0.2) is 12.3 Å². The summed E-state index contributed by atoms with van der Waals surface area (Å²) in [4.78, 5) is 2.11. The second-order valence-electron chi connectivity index (χ2n) is 4.10. The van der Waals surface area contributed by atoms with E-state index in [4.69, 9.17) is 4.74 Å². The van der Waals surface area contributed by atoms with Crippen LogP contribution >= 0.6 is 0 Å². The predicted octanol–water partition coefficient (Wildman–Crippen LogP) is 0.639. The van der Waals surface area contributed by atoms with Gasteiger partial charge >= 0.3 is 0 Å². The van der Waals surface area contributed by atoms with Gasteiger partial charge in [0.25, 0.3) is 0 Å². The second kappa shape index (κ2) is 7.38. The molecular weight excluding hydrogens is 204 g/mol. The third kappa shape index (κ3) is 5.25. The van der Waals surface area contributed by atoms with Crippen LogP contribution in [0, 0.1) is 0 Å². The summed E-state index contributed by atoms with van der Waals surface area (Å²) in [6.45, 7) is 5.45. The van der Waals surface area contributed by atoms with Gasteiger partial charge in [0.1, 0.15) is 0 Å². The average molecular weight is 226 g/mol. The maximum Gasteiger partial charge on any atom is 0.0593 e. The van der Waals surface area contributed by atoms with Gasteiger partial charge in [-0.2, -0.15) is 5.10 Å². The molecule has 0 bridgehead atoms. The number of nitrogens with zero attached hydrogens (tertiary/aromatic N) is 2. The molecule has 1 unspecified atom stereocenters. The molecule has 2 N–H and O–H groups in total. The van der Waals surface area contributed by atoms with E-state index in [0.717, 1.165) is 32.0 Å². The summed E-state index contributed by atoms with van der Waals surface area (Å²) >= 11 is 0. The molecule has 0 amide bonds. The molecule has 0 radical (unpaired) electrons. The highest BCUT2D eigenvalue weighted by molar-refractivity contribution is 5.02. The number of ether oxygens (including phenoxy) is 1.